The molecule has 0 fully saturated rings. The Balaban J connectivity index is 1.56. The summed E-state index contributed by atoms with van der Waals surface area (Å²) in [5.41, 5.74) is 3.90. The molecule has 0 saturated carbocycles. The lowest BCUT2D eigenvalue weighted by Gasteiger charge is -2.20. The minimum Gasteiger partial charge on any atom is -0.427 e. The fourth-order valence-electron chi connectivity index (χ4n) is 3.63. The van der Waals surface area contributed by atoms with Gasteiger partial charge in [-0.05, 0) is 72.5 Å². The van der Waals surface area contributed by atoms with Crippen molar-refractivity contribution in [2.45, 2.75) is 36.3 Å². The van der Waals surface area contributed by atoms with E-state index in [0.29, 0.717) is 16.3 Å². The van der Waals surface area contributed by atoms with Gasteiger partial charge in [0.25, 0.3) is 5.91 Å². The molecule has 0 aliphatic carbocycles. The molecule has 34 heavy (non-hydrogen) atoms. The number of fused-ring (bicyclic) bond motifs is 1. The molecule has 3 aromatic carbocycles. The molecule has 0 saturated heterocycles. The van der Waals surface area contributed by atoms with Gasteiger partial charge in [-0.25, -0.2) is 8.42 Å². The van der Waals surface area contributed by atoms with Gasteiger partial charge in [-0.2, -0.15) is 0 Å². The second-order valence-electron chi connectivity index (χ2n) is 8.01. The number of hydrogen-bond donors (Lipinski definition) is 1. The third-order valence-corrected chi connectivity index (χ3v) is 8.16. The van der Waals surface area contributed by atoms with Crippen molar-refractivity contribution < 1.29 is 22.7 Å². The van der Waals surface area contributed by atoms with E-state index in [1.54, 1.807) is 42.5 Å². The van der Waals surface area contributed by atoms with Gasteiger partial charge in [-0.15, -0.1) is 0 Å². The van der Waals surface area contributed by atoms with Crippen molar-refractivity contribution in [2.24, 2.45) is 0 Å². The Labute approximate surface area is 203 Å². The largest absolute Gasteiger partial charge is 0.427 e. The first-order valence-electron chi connectivity index (χ1n) is 10.5. The minimum absolute atomic E-state index is 0.0973. The molecule has 0 spiro atoms. The Kier molecular flexibility index (Phi) is 6.63. The average molecular weight is 494 g/mol. The molecule has 0 radical (unpaired) electrons. The van der Waals surface area contributed by atoms with Gasteiger partial charge in [-0.3, -0.25) is 9.59 Å². The summed E-state index contributed by atoms with van der Waals surface area (Å²) in [5, 5.41) is 2.80. The van der Waals surface area contributed by atoms with Crippen molar-refractivity contribution >= 4 is 45.2 Å². The van der Waals surface area contributed by atoms with Crippen LogP contribution in [0.1, 0.15) is 29.2 Å². The maximum atomic E-state index is 13.1. The van der Waals surface area contributed by atoms with E-state index in [1.165, 1.54) is 24.8 Å². The highest BCUT2D eigenvalue weighted by Gasteiger charge is 2.25. The number of hydrogen-bond acceptors (Lipinski definition) is 6. The summed E-state index contributed by atoms with van der Waals surface area (Å²) in [6.07, 6.45) is 1.73. The van der Waals surface area contributed by atoms with Gasteiger partial charge in [0.15, 0.2) is 9.84 Å². The summed E-state index contributed by atoms with van der Waals surface area (Å²) < 4.78 is 31.2. The Bertz CT molecular complexity index is 1400. The normalized spacial score (nSPS) is 14.4. The summed E-state index contributed by atoms with van der Waals surface area (Å²) in [4.78, 5) is 25.1. The van der Waals surface area contributed by atoms with Gasteiger partial charge in [0, 0.05) is 11.8 Å². The number of ether oxygens (including phenoxy) is 1. The Morgan fingerprint density at radius 3 is 2.35 bits per heavy atom. The van der Waals surface area contributed by atoms with Crippen LogP contribution in [-0.4, -0.2) is 20.3 Å². The third kappa shape index (κ3) is 5.24. The molecule has 0 bridgehead atoms. The number of aryl methyl sites for hydroxylation is 2. The van der Waals surface area contributed by atoms with Gasteiger partial charge in [0.2, 0.25) is 0 Å². The first-order chi connectivity index (χ1) is 16.1. The standard InChI is InChI=1S/C26H23NO5S2/c1-16-5-4-6-17(2)22(16)15-34(30,31)21-11-12-24-23(14-21)27-26(29)25(33-24)13-19-7-9-20(10-8-19)32-18(3)28/h4-14H,15H2,1-3H3,(H,27,29)/b25-13-. The molecule has 6 nitrogen and oxygen atoms in total. The smallest absolute Gasteiger partial charge is 0.308 e. The van der Waals surface area contributed by atoms with Crippen molar-refractivity contribution in [1.29, 1.82) is 0 Å². The zero-order valence-corrected chi connectivity index (χ0v) is 20.5. The summed E-state index contributed by atoms with van der Waals surface area (Å²) >= 11 is 1.27. The number of rotatable bonds is 5. The third-order valence-electron chi connectivity index (χ3n) is 5.42. The molecule has 8 heteroatoms. The fourth-order valence-corrected chi connectivity index (χ4v) is 6.14. The molecule has 0 aromatic heterocycles. The number of esters is 1. The molecule has 1 aliphatic rings. The van der Waals surface area contributed by atoms with Crippen LogP contribution in [0.4, 0.5) is 5.69 Å². The van der Waals surface area contributed by atoms with Crippen LogP contribution in [0.25, 0.3) is 6.08 Å². The number of thioether (sulfide) groups is 1. The summed E-state index contributed by atoms with van der Waals surface area (Å²) in [5.74, 6) is -0.388. The van der Waals surface area contributed by atoms with Crippen molar-refractivity contribution in [3.8, 4) is 5.75 Å². The van der Waals surface area contributed by atoms with E-state index in [9.17, 15) is 18.0 Å². The van der Waals surface area contributed by atoms with Crippen molar-refractivity contribution in [2.75, 3.05) is 5.32 Å². The minimum atomic E-state index is -3.60. The molecular weight excluding hydrogens is 470 g/mol. The van der Waals surface area contributed by atoms with E-state index >= 15 is 0 Å². The number of amides is 1. The predicted octanol–water partition coefficient (Wildman–Crippen LogP) is 5.29. The van der Waals surface area contributed by atoms with Crippen LogP contribution >= 0.6 is 11.8 Å². The van der Waals surface area contributed by atoms with Gasteiger partial charge in [0.1, 0.15) is 5.75 Å². The highest BCUT2D eigenvalue weighted by Crippen LogP contribution is 2.40. The Hall–Kier alpha value is -3.36. The summed E-state index contributed by atoms with van der Waals surface area (Å²) in [7, 11) is -3.60. The number of nitrogens with one attached hydrogen (secondary N) is 1. The molecule has 0 unspecified atom stereocenters. The van der Waals surface area contributed by atoms with E-state index in [1.807, 2.05) is 32.0 Å². The van der Waals surface area contributed by atoms with Crippen molar-refractivity contribution in [1.82, 2.24) is 0 Å². The molecular formula is C26H23NO5S2. The van der Waals surface area contributed by atoms with E-state index in [2.05, 4.69) is 5.32 Å². The lowest BCUT2D eigenvalue weighted by atomic mass is 10.1. The van der Waals surface area contributed by atoms with Crippen LogP contribution < -0.4 is 10.1 Å². The van der Waals surface area contributed by atoms with Crippen LogP contribution in [0.3, 0.4) is 0 Å². The lowest BCUT2D eigenvalue weighted by Crippen LogP contribution is -2.18. The molecule has 1 N–H and O–H groups in total. The number of carbonyl (C=O) groups is 2. The predicted molar refractivity (Wildman–Crippen MR) is 133 cm³/mol. The highest BCUT2D eigenvalue weighted by molar-refractivity contribution is 8.04. The SMILES string of the molecule is CC(=O)Oc1ccc(/C=C2\Sc3ccc(S(=O)(=O)Cc4c(C)cccc4C)cc3NC2=O)cc1. The molecule has 1 aliphatic heterocycles. The lowest BCUT2D eigenvalue weighted by molar-refractivity contribution is -0.131. The molecule has 174 valence electrons. The summed E-state index contributed by atoms with van der Waals surface area (Å²) in [6.45, 7) is 5.13. The Morgan fingerprint density at radius 1 is 1.03 bits per heavy atom. The van der Waals surface area contributed by atoms with Gasteiger partial charge < -0.3 is 10.1 Å². The highest BCUT2D eigenvalue weighted by atomic mass is 32.2. The van der Waals surface area contributed by atoms with Gasteiger partial charge >= 0.3 is 5.97 Å². The second-order valence-corrected chi connectivity index (χ2v) is 11.1. The summed E-state index contributed by atoms with van der Waals surface area (Å²) in [6, 6.07) is 17.3. The monoisotopic (exact) mass is 493 g/mol. The van der Waals surface area contributed by atoms with Crippen LogP contribution in [-0.2, 0) is 25.2 Å². The maximum Gasteiger partial charge on any atom is 0.308 e. The zero-order valence-electron chi connectivity index (χ0n) is 18.9. The van der Waals surface area contributed by atoms with E-state index in [0.717, 1.165) is 27.1 Å². The number of anilines is 1. The van der Waals surface area contributed by atoms with Crippen LogP contribution in [0.5, 0.6) is 5.75 Å². The first kappa shape index (κ1) is 23.8. The van der Waals surface area contributed by atoms with E-state index in [-0.39, 0.29) is 16.6 Å². The van der Waals surface area contributed by atoms with Gasteiger partial charge in [-0.1, -0.05) is 42.1 Å². The van der Waals surface area contributed by atoms with Crippen LogP contribution in [0.2, 0.25) is 0 Å². The first-order valence-corrected chi connectivity index (χ1v) is 13.0. The van der Waals surface area contributed by atoms with Crippen molar-refractivity contribution in [3.63, 3.8) is 0 Å². The number of sulfone groups is 1. The van der Waals surface area contributed by atoms with Crippen LogP contribution in [0, 0.1) is 13.8 Å². The second kappa shape index (κ2) is 9.48. The quantitative estimate of drug-likeness (QED) is 0.295. The molecule has 4 rings (SSSR count). The Morgan fingerprint density at radius 2 is 1.71 bits per heavy atom. The molecule has 0 atom stereocenters. The van der Waals surface area contributed by atoms with E-state index in [4.69, 9.17) is 4.74 Å². The topological polar surface area (TPSA) is 89.5 Å². The van der Waals surface area contributed by atoms with E-state index < -0.39 is 15.8 Å². The molecule has 1 heterocycles. The zero-order chi connectivity index (χ0) is 24.5. The van der Waals surface area contributed by atoms with Crippen molar-refractivity contribution in [3.05, 3.63) is 87.8 Å². The fraction of sp³-hybridized carbons (Fsp3) is 0.154. The average Bonchev–Trinajstić information content (AvgIpc) is 2.77. The molecule has 1 amide bonds. The van der Waals surface area contributed by atoms with Crippen LogP contribution in [0.15, 0.2) is 75.4 Å². The molecule has 3 aromatic rings. The number of benzene rings is 3. The van der Waals surface area contributed by atoms with Gasteiger partial charge in [0.05, 0.1) is 21.2 Å². The maximum absolute atomic E-state index is 13.1. The number of carbonyl (C=O) groups excluding carboxylic acids is 2.